The van der Waals surface area contributed by atoms with Gasteiger partial charge in [-0.2, -0.15) is 0 Å². The van der Waals surface area contributed by atoms with Crippen LogP contribution in [0.1, 0.15) is 52.7 Å². The van der Waals surface area contributed by atoms with Crippen molar-refractivity contribution in [3.63, 3.8) is 0 Å². The number of hydrogen-bond donors (Lipinski definition) is 2. The van der Waals surface area contributed by atoms with Crippen molar-refractivity contribution in [3.8, 4) is 0 Å². The zero-order valence-corrected chi connectivity index (χ0v) is 18.4. The van der Waals surface area contributed by atoms with E-state index in [0.717, 1.165) is 25.9 Å². The van der Waals surface area contributed by atoms with E-state index in [1.165, 1.54) is 32.7 Å². The molecule has 0 aliphatic rings. The largest absolute Gasteiger partial charge is 0.312 e. The Bertz CT molecular complexity index is 807. The van der Waals surface area contributed by atoms with Crippen LogP contribution in [0.15, 0.2) is 48.5 Å². The first-order valence-corrected chi connectivity index (χ1v) is 10.6. The molecule has 3 aromatic rings. The predicted molar refractivity (Wildman–Crippen MR) is 124 cm³/mol. The predicted octanol–water partition coefficient (Wildman–Crippen LogP) is 5.85. The number of benzene rings is 3. The minimum atomic E-state index is 0.143. The quantitative estimate of drug-likeness (QED) is 0.527. The Morgan fingerprint density at radius 3 is 1.07 bits per heavy atom. The van der Waals surface area contributed by atoms with E-state index < -0.39 is 0 Å². The molecule has 0 radical (unpaired) electrons. The number of rotatable bonds is 6. The van der Waals surface area contributed by atoms with Gasteiger partial charge in [0.2, 0.25) is 0 Å². The average Bonchev–Trinajstić information content (AvgIpc) is 2.61. The molecule has 0 amide bonds. The third-order valence-corrected chi connectivity index (χ3v) is 5.22. The van der Waals surface area contributed by atoms with E-state index in [0.29, 0.717) is 0 Å². The molecule has 0 saturated carbocycles. The van der Waals surface area contributed by atoms with Gasteiger partial charge in [-0.15, -0.1) is 0 Å². The van der Waals surface area contributed by atoms with Crippen LogP contribution < -0.4 is 10.6 Å². The molecule has 0 saturated heterocycles. The van der Waals surface area contributed by atoms with Crippen molar-refractivity contribution in [1.82, 2.24) is 10.6 Å². The van der Waals surface area contributed by atoms with Crippen molar-refractivity contribution >= 4 is 21.5 Å². The minimum Gasteiger partial charge on any atom is -0.312 e. The smallest absolute Gasteiger partial charge is 0.00966 e. The average molecular weight is 377 g/mol. The molecule has 0 heterocycles. The normalized spacial score (nSPS) is 12.8. The lowest BCUT2D eigenvalue weighted by Crippen LogP contribution is -2.37. The van der Waals surface area contributed by atoms with Gasteiger partial charge >= 0.3 is 0 Å². The number of nitrogens with one attached hydrogen (secondary N) is 2. The van der Waals surface area contributed by atoms with Gasteiger partial charge in [-0.25, -0.2) is 0 Å². The van der Waals surface area contributed by atoms with Gasteiger partial charge in [-0.05, 0) is 100 Å². The SMILES string of the molecule is CC(C)(C)NCCc1c2ccccc2c(CCNC(C)(C)C)c2ccccc12. The van der Waals surface area contributed by atoms with Gasteiger partial charge in [0.05, 0.1) is 0 Å². The van der Waals surface area contributed by atoms with E-state index in [4.69, 9.17) is 0 Å². The molecular formula is C26H36N2. The molecule has 0 unspecified atom stereocenters. The first-order valence-electron chi connectivity index (χ1n) is 10.6. The summed E-state index contributed by atoms with van der Waals surface area (Å²) >= 11 is 0. The molecule has 0 spiro atoms. The van der Waals surface area contributed by atoms with Crippen LogP contribution in [0, 0.1) is 0 Å². The second kappa shape index (κ2) is 8.23. The van der Waals surface area contributed by atoms with Crippen molar-refractivity contribution in [2.24, 2.45) is 0 Å². The van der Waals surface area contributed by atoms with Crippen LogP contribution in [0.2, 0.25) is 0 Å². The summed E-state index contributed by atoms with van der Waals surface area (Å²) in [4.78, 5) is 0. The molecule has 2 N–H and O–H groups in total. The number of hydrogen-bond acceptors (Lipinski definition) is 2. The summed E-state index contributed by atoms with van der Waals surface area (Å²) in [6, 6.07) is 17.9. The Morgan fingerprint density at radius 1 is 0.536 bits per heavy atom. The topological polar surface area (TPSA) is 24.1 Å². The summed E-state index contributed by atoms with van der Waals surface area (Å²) in [5.41, 5.74) is 3.22. The van der Waals surface area contributed by atoms with E-state index in [9.17, 15) is 0 Å². The van der Waals surface area contributed by atoms with Crippen molar-refractivity contribution in [2.75, 3.05) is 13.1 Å². The van der Waals surface area contributed by atoms with Crippen LogP contribution in [0.3, 0.4) is 0 Å². The summed E-state index contributed by atoms with van der Waals surface area (Å²) < 4.78 is 0. The van der Waals surface area contributed by atoms with Gasteiger partial charge in [0.25, 0.3) is 0 Å². The minimum absolute atomic E-state index is 0.143. The van der Waals surface area contributed by atoms with Crippen LogP contribution in [-0.4, -0.2) is 24.2 Å². The van der Waals surface area contributed by atoms with E-state index in [2.05, 4.69) is 101 Å². The number of fused-ring (bicyclic) bond motifs is 2. The zero-order valence-electron chi connectivity index (χ0n) is 18.4. The molecule has 28 heavy (non-hydrogen) atoms. The molecule has 3 aromatic carbocycles. The third kappa shape index (κ3) is 5.12. The van der Waals surface area contributed by atoms with E-state index in [1.807, 2.05) is 0 Å². The highest BCUT2D eigenvalue weighted by atomic mass is 14.9. The maximum atomic E-state index is 3.66. The van der Waals surface area contributed by atoms with Gasteiger partial charge in [0, 0.05) is 11.1 Å². The maximum Gasteiger partial charge on any atom is 0.00966 e. The molecule has 0 atom stereocenters. The van der Waals surface area contributed by atoms with Gasteiger partial charge in [-0.1, -0.05) is 48.5 Å². The van der Waals surface area contributed by atoms with Gasteiger partial charge in [0.15, 0.2) is 0 Å². The lowest BCUT2D eigenvalue weighted by molar-refractivity contribution is 0.429. The Kier molecular flexibility index (Phi) is 6.12. The highest BCUT2D eigenvalue weighted by molar-refractivity contribution is 6.05. The van der Waals surface area contributed by atoms with Gasteiger partial charge in [-0.3, -0.25) is 0 Å². The van der Waals surface area contributed by atoms with Crippen LogP contribution >= 0.6 is 0 Å². The highest BCUT2D eigenvalue weighted by Gasteiger charge is 2.15. The Balaban J connectivity index is 2.05. The van der Waals surface area contributed by atoms with E-state index in [-0.39, 0.29) is 11.1 Å². The van der Waals surface area contributed by atoms with Crippen molar-refractivity contribution in [2.45, 2.75) is 65.5 Å². The van der Waals surface area contributed by atoms with Crippen molar-refractivity contribution < 1.29 is 0 Å². The van der Waals surface area contributed by atoms with Gasteiger partial charge < -0.3 is 10.6 Å². The molecule has 0 fully saturated rings. The second-order valence-corrected chi connectivity index (χ2v) is 9.90. The molecule has 0 aromatic heterocycles. The highest BCUT2D eigenvalue weighted by Crippen LogP contribution is 2.33. The van der Waals surface area contributed by atoms with Crippen LogP contribution in [0.5, 0.6) is 0 Å². The molecule has 0 aliphatic heterocycles. The molecule has 2 heteroatoms. The fourth-order valence-electron chi connectivity index (χ4n) is 3.97. The summed E-state index contributed by atoms with van der Waals surface area (Å²) in [6.07, 6.45) is 2.08. The second-order valence-electron chi connectivity index (χ2n) is 9.90. The molecule has 0 bridgehead atoms. The third-order valence-electron chi connectivity index (χ3n) is 5.22. The molecular weight excluding hydrogens is 340 g/mol. The Labute approximate surface area is 170 Å². The first kappa shape index (κ1) is 20.8. The Hall–Kier alpha value is -1.90. The Morgan fingerprint density at radius 2 is 0.821 bits per heavy atom. The van der Waals surface area contributed by atoms with Crippen molar-refractivity contribution in [3.05, 3.63) is 59.7 Å². The van der Waals surface area contributed by atoms with E-state index in [1.54, 1.807) is 0 Å². The summed E-state index contributed by atoms with van der Waals surface area (Å²) in [7, 11) is 0. The van der Waals surface area contributed by atoms with E-state index >= 15 is 0 Å². The fraction of sp³-hybridized carbons (Fsp3) is 0.462. The van der Waals surface area contributed by atoms with Crippen LogP contribution in [0.25, 0.3) is 21.5 Å². The lowest BCUT2D eigenvalue weighted by Gasteiger charge is -2.23. The molecule has 2 nitrogen and oxygen atoms in total. The summed E-state index contributed by atoms with van der Waals surface area (Å²) in [6.45, 7) is 15.4. The van der Waals surface area contributed by atoms with Crippen molar-refractivity contribution in [1.29, 1.82) is 0 Å². The lowest BCUT2D eigenvalue weighted by atomic mass is 9.89. The van der Waals surface area contributed by atoms with Crippen LogP contribution in [0.4, 0.5) is 0 Å². The maximum absolute atomic E-state index is 3.66. The summed E-state index contributed by atoms with van der Waals surface area (Å²) in [5, 5.41) is 12.9. The van der Waals surface area contributed by atoms with Gasteiger partial charge in [0.1, 0.15) is 0 Å². The first-order chi connectivity index (χ1) is 13.2. The standard InChI is InChI=1S/C26H36N2/c1-25(2,3)27-17-15-23-19-11-7-9-13-21(19)24(16-18-28-26(4,5)6)22-14-10-8-12-20(22)23/h7-14,27-28H,15-18H2,1-6H3. The fourth-order valence-corrected chi connectivity index (χ4v) is 3.97. The monoisotopic (exact) mass is 376 g/mol. The summed E-state index contributed by atoms with van der Waals surface area (Å²) in [5.74, 6) is 0. The molecule has 0 aliphatic carbocycles. The van der Waals surface area contributed by atoms with Crippen LogP contribution in [-0.2, 0) is 12.8 Å². The molecule has 150 valence electrons. The molecule has 3 rings (SSSR count). The zero-order chi connectivity index (χ0) is 20.4.